The fourth-order valence-electron chi connectivity index (χ4n) is 2.76. The van der Waals surface area contributed by atoms with Crippen LogP contribution in [0.3, 0.4) is 0 Å². The minimum Gasteiger partial charge on any atom is -0.372 e. The van der Waals surface area contributed by atoms with Crippen molar-refractivity contribution < 1.29 is 9.53 Å². The molecule has 0 unspecified atom stereocenters. The lowest BCUT2D eigenvalue weighted by Crippen LogP contribution is -2.15. The molecule has 0 bridgehead atoms. The largest absolute Gasteiger partial charge is 0.372 e. The van der Waals surface area contributed by atoms with Gasteiger partial charge >= 0.3 is 0 Å². The van der Waals surface area contributed by atoms with E-state index in [4.69, 9.17) is 4.74 Å². The van der Waals surface area contributed by atoms with Gasteiger partial charge in [-0.05, 0) is 28.8 Å². The number of ether oxygens (including phenoxy) is 1. The Labute approximate surface area is 127 Å². The van der Waals surface area contributed by atoms with E-state index in [0.717, 1.165) is 16.5 Å². The maximum absolute atomic E-state index is 12.2. The molecule has 1 amide bonds. The normalized spacial score (nSPS) is 13.3. The fourth-order valence-corrected chi connectivity index (χ4v) is 2.76. The summed E-state index contributed by atoms with van der Waals surface area (Å²) in [4.78, 5) is 12.2. The second kappa shape index (κ2) is 5.27. The van der Waals surface area contributed by atoms with Crippen molar-refractivity contribution in [1.82, 2.24) is 10.2 Å². The molecule has 1 aliphatic rings. The molecule has 2 aromatic carbocycles. The zero-order valence-corrected chi connectivity index (χ0v) is 11.9. The molecule has 110 valence electrons. The number of aromatic nitrogens is 2. The summed E-state index contributed by atoms with van der Waals surface area (Å²) in [6.45, 7) is 1.30. The quantitative estimate of drug-likeness (QED) is 0.780. The first-order chi connectivity index (χ1) is 10.8. The van der Waals surface area contributed by atoms with Gasteiger partial charge in [0, 0.05) is 5.39 Å². The Balaban J connectivity index is 1.51. The molecule has 5 heteroatoms. The number of hydrogen-bond acceptors (Lipinski definition) is 3. The number of benzene rings is 2. The third-order valence-corrected chi connectivity index (χ3v) is 3.88. The van der Waals surface area contributed by atoms with Crippen molar-refractivity contribution in [1.29, 1.82) is 0 Å². The van der Waals surface area contributed by atoms with Crippen molar-refractivity contribution in [3.63, 3.8) is 0 Å². The Hall–Kier alpha value is -2.66. The number of H-pyrrole nitrogens is 1. The van der Waals surface area contributed by atoms with Crippen LogP contribution >= 0.6 is 0 Å². The van der Waals surface area contributed by atoms with Gasteiger partial charge in [0.1, 0.15) is 0 Å². The van der Waals surface area contributed by atoms with Crippen LogP contribution in [-0.4, -0.2) is 16.1 Å². The molecule has 2 heterocycles. The van der Waals surface area contributed by atoms with Crippen LogP contribution in [0.5, 0.6) is 0 Å². The number of carbonyl (C=O) groups is 1. The Bertz CT molecular complexity index is 854. The summed E-state index contributed by atoms with van der Waals surface area (Å²) in [5.74, 6) is 0.501. The van der Waals surface area contributed by atoms with E-state index in [1.54, 1.807) is 0 Å². The highest BCUT2D eigenvalue weighted by atomic mass is 16.5. The van der Waals surface area contributed by atoms with Crippen LogP contribution in [0.4, 0.5) is 5.82 Å². The SMILES string of the molecule is O=C(Cc1ccc2c(c1)COC2)Nc1n[nH]c2ccccc12. The van der Waals surface area contributed by atoms with Gasteiger partial charge in [0.25, 0.3) is 0 Å². The number of aromatic amines is 1. The predicted molar refractivity (Wildman–Crippen MR) is 83.4 cm³/mol. The van der Waals surface area contributed by atoms with Gasteiger partial charge in [-0.25, -0.2) is 0 Å². The number of carbonyl (C=O) groups excluding carboxylic acids is 1. The monoisotopic (exact) mass is 293 g/mol. The van der Waals surface area contributed by atoms with Crippen LogP contribution in [-0.2, 0) is 29.2 Å². The summed E-state index contributed by atoms with van der Waals surface area (Å²) < 4.78 is 5.39. The minimum absolute atomic E-state index is 0.0730. The average Bonchev–Trinajstić information content (AvgIpc) is 3.14. The zero-order valence-electron chi connectivity index (χ0n) is 11.9. The number of nitrogens with one attached hydrogen (secondary N) is 2. The molecule has 0 atom stereocenters. The van der Waals surface area contributed by atoms with E-state index in [-0.39, 0.29) is 5.91 Å². The summed E-state index contributed by atoms with van der Waals surface area (Å²) in [5.41, 5.74) is 4.28. The zero-order chi connectivity index (χ0) is 14.9. The average molecular weight is 293 g/mol. The molecule has 4 rings (SSSR count). The standard InChI is InChI=1S/C17H15N3O2/c21-16(8-11-5-6-12-9-22-10-13(12)7-11)18-17-14-3-1-2-4-15(14)19-20-17/h1-7H,8-10H2,(H2,18,19,20,21). The van der Waals surface area contributed by atoms with Gasteiger partial charge in [0.05, 0.1) is 25.2 Å². The number of amides is 1. The molecule has 0 fully saturated rings. The van der Waals surface area contributed by atoms with Crippen molar-refractivity contribution in [2.45, 2.75) is 19.6 Å². The highest BCUT2D eigenvalue weighted by Gasteiger charge is 2.14. The number of anilines is 1. The molecular formula is C17H15N3O2. The minimum atomic E-state index is -0.0730. The van der Waals surface area contributed by atoms with Gasteiger partial charge in [-0.1, -0.05) is 30.3 Å². The highest BCUT2D eigenvalue weighted by molar-refractivity contribution is 6.00. The molecule has 2 N–H and O–H groups in total. The third kappa shape index (κ3) is 2.35. The lowest BCUT2D eigenvalue weighted by molar-refractivity contribution is -0.115. The first-order valence-corrected chi connectivity index (χ1v) is 7.21. The van der Waals surface area contributed by atoms with Gasteiger partial charge in [-0.3, -0.25) is 9.89 Å². The van der Waals surface area contributed by atoms with E-state index in [2.05, 4.69) is 15.5 Å². The van der Waals surface area contributed by atoms with Crippen LogP contribution in [0, 0.1) is 0 Å². The molecule has 3 aromatic rings. The highest BCUT2D eigenvalue weighted by Crippen LogP contribution is 2.22. The summed E-state index contributed by atoms with van der Waals surface area (Å²) in [5, 5.41) is 10.9. The summed E-state index contributed by atoms with van der Waals surface area (Å²) in [7, 11) is 0. The summed E-state index contributed by atoms with van der Waals surface area (Å²) in [6.07, 6.45) is 0.328. The lowest BCUT2D eigenvalue weighted by atomic mass is 10.0. The lowest BCUT2D eigenvalue weighted by Gasteiger charge is -2.05. The molecule has 0 saturated carbocycles. The van der Waals surface area contributed by atoms with E-state index in [0.29, 0.717) is 25.5 Å². The van der Waals surface area contributed by atoms with Crippen LogP contribution in [0.2, 0.25) is 0 Å². The van der Waals surface area contributed by atoms with Gasteiger partial charge in [-0.15, -0.1) is 0 Å². The van der Waals surface area contributed by atoms with Crippen molar-refractivity contribution in [3.05, 3.63) is 59.2 Å². The molecule has 22 heavy (non-hydrogen) atoms. The second-order valence-electron chi connectivity index (χ2n) is 5.44. The first-order valence-electron chi connectivity index (χ1n) is 7.21. The van der Waals surface area contributed by atoms with Crippen molar-refractivity contribution >= 4 is 22.6 Å². The molecule has 1 aliphatic heterocycles. The Morgan fingerprint density at radius 1 is 1.18 bits per heavy atom. The molecule has 5 nitrogen and oxygen atoms in total. The van der Waals surface area contributed by atoms with E-state index in [9.17, 15) is 4.79 Å². The van der Waals surface area contributed by atoms with Crippen LogP contribution in [0.1, 0.15) is 16.7 Å². The number of rotatable bonds is 3. The van der Waals surface area contributed by atoms with Crippen molar-refractivity contribution in [3.8, 4) is 0 Å². The van der Waals surface area contributed by atoms with E-state index in [1.807, 2.05) is 42.5 Å². The van der Waals surface area contributed by atoms with Crippen LogP contribution in [0.25, 0.3) is 10.9 Å². The molecule has 0 aliphatic carbocycles. The Kier molecular flexibility index (Phi) is 3.12. The van der Waals surface area contributed by atoms with Crippen LogP contribution in [0.15, 0.2) is 42.5 Å². The number of hydrogen-bond donors (Lipinski definition) is 2. The van der Waals surface area contributed by atoms with Crippen molar-refractivity contribution in [2.75, 3.05) is 5.32 Å². The van der Waals surface area contributed by atoms with Crippen molar-refractivity contribution in [2.24, 2.45) is 0 Å². The second-order valence-corrected chi connectivity index (χ2v) is 5.44. The Morgan fingerprint density at radius 3 is 3.00 bits per heavy atom. The molecule has 0 spiro atoms. The molecule has 0 saturated heterocycles. The summed E-state index contributed by atoms with van der Waals surface area (Å²) in [6, 6.07) is 13.8. The van der Waals surface area contributed by atoms with E-state index in [1.165, 1.54) is 11.1 Å². The predicted octanol–water partition coefficient (Wildman–Crippen LogP) is 2.77. The maximum Gasteiger partial charge on any atom is 0.230 e. The van der Waals surface area contributed by atoms with Gasteiger partial charge < -0.3 is 10.1 Å². The van der Waals surface area contributed by atoms with Gasteiger partial charge in [-0.2, -0.15) is 5.10 Å². The number of nitrogens with zero attached hydrogens (tertiary/aromatic N) is 1. The molecular weight excluding hydrogens is 278 g/mol. The van der Waals surface area contributed by atoms with E-state index < -0.39 is 0 Å². The van der Waals surface area contributed by atoms with Crippen LogP contribution < -0.4 is 5.32 Å². The van der Waals surface area contributed by atoms with Gasteiger partial charge in [0.15, 0.2) is 5.82 Å². The summed E-state index contributed by atoms with van der Waals surface area (Å²) >= 11 is 0. The smallest absolute Gasteiger partial charge is 0.230 e. The third-order valence-electron chi connectivity index (χ3n) is 3.88. The van der Waals surface area contributed by atoms with Gasteiger partial charge in [0.2, 0.25) is 5.91 Å². The molecule has 1 aromatic heterocycles. The number of para-hydroxylation sites is 1. The fraction of sp³-hybridized carbons (Fsp3) is 0.176. The first kappa shape index (κ1) is 13.0. The number of fused-ring (bicyclic) bond motifs is 2. The maximum atomic E-state index is 12.2. The van der Waals surface area contributed by atoms with E-state index >= 15 is 0 Å². The molecule has 0 radical (unpaired) electrons. The topological polar surface area (TPSA) is 67.0 Å². The Morgan fingerprint density at radius 2 is 2.05 bits per heavy atom.